The molecule has 1 amide bonds. The number of aromatic nitrogens is 3. The molecule has 0 bridgehead atoms. The summed E-state index contributed by atoms with van der Waals surface area (Å²) in [6.45, 7) is -0.161. The third-order valence-corrected chi connectivity index (χ3v) is 5.42. The molecule has 12 heteroatoms. The molecule has 0 aliphatic heterocycles. The van der Waals surface area contributed by atoms with Crippen LogP contribution in [0.5, 0.6) is 0 Å². The van der Waals surface area contributed by atoms with Crippen LogP contribution in [0.15, 0.2) is 47.6 Å². The maximum absolute atomic E-state index is 13.4. The molecule has 0 unspecified atom stereocenters. The van der Waals surface area contributed by atoms with Gasteiger partial charge in [0.2, 0.25) is 5.91 Å². The molecule has 0 fully saturated rings. The summed E-state index contributed by atoms with van der Waals surface area (Å²) >= 11 is 12.8. The largest absolute Gasteiger partial charge is 0.417 e. The first-order chi connectivity index (χ1) is 14.7. The molecule has 0 atom stereocenters. The smallest absolute Gasteiger partial charge is 0.342 e. The Hall–Kier alpha value is -2.74. The van der Waals surface area contributed by atoms with Crippen molar-refractivity contribution in [1.82, 2.24) is 20.1 Å². The molecule has 160 valence electrons. The number of amides is 1. The molecule has 1 aromatic heterocycles. The zero-order valence-electron chi connectivity index (χ0n) is 15.5. The summed E-state index contributed by atoms with van der Waals surface area (Å²) in [6.07, 6.45) is -4.66. The number of nitriles is 1. The number of rotatable bonds is 6. The summed E-state index contributed by atoms with van der Waals surface area (Å²) in [6, 6.07) is 11.8. The molecule has 2 aromatic carbocycles. The summed E-state index contributed by atoms with van der Waals surface area (Å²) in [5, 5.41) is 19.2. The van der Waals surface area contributed by atoms with Gasteiger partial charge in [0.25, 0.3) is 0 Å². The second kappa shape index (κ2) is 9.60. The number of carbonyl (C=O) groups excluding carboxylic acids is 1. The fraction of sp³-hybridized carbons (Fsp3) is 0.158. The minimum absolute atomic E-state index is 0.108. The van der Waals surface area contributed by atoms with E-state index in [1.54, 1.807) is 30.3 Å². The Morgan fingerprint density at radius 3 is 2.65 bits per heavy atom. The van der Waals surface area contributed by atoms with Crippen LogP contribution in [-0.4, -0.2) is 33.0 Å². The molecule has 0 aliphatic carbocycles. The van der Waals surface area contributed by atoms with E-state index < -0.39 is 22.7 Å². The number of carbonyl (C=O) groups is 1. The van der Waals surface area contributed by atoms with E-state index in [9.17, 15) is 18.0 Å². The van der Waals surface area contributed by atoms with Gasteiger partial charge in [-0.05, 0) is 30.3 Å². The summed E-state index contributed by atoms with van der Waals surface area (Å²) in [5.41, 5.74) is -0.388. The van der Waals surface area contributed by atoms with Crippen LogP contribution in [0.2, 0.25) is 10.0 Å². The van der Waals surface area contributed by atoms with Crippen LogP contribution in [-0.2, 0) is 11.0 Å². The van der Waals surface area contributed by atoms with Crippen molar-refractivity contribution in [1.29, 1.82) is 5.26 Å². The van der Waals surface area contributed by atoms with Gasteiger partial charge in [-0.2, -0.15) is 18.4 Å². The minimum Gasteiger partial charge on any atom is -0.342 e. The van der Waals surface area contributed by atoms with Gasteiger partial charge in [-0.15, -0.1) is 10.2 Å². The second-order valence-electron chi connectivity index (χ2n) is 6.04. The van der Waals surface area contributed by atoms with Crippen molar-refractivity contribution in [3.8, 4) is 23.1 Å². The lowest BCUT2D eigenvalue weighted by atomic mass is 10.1. The summed E-state index contributed by atoms with van der Waals surface area (Å²) in [4.78, 5) is 11.9. The Labute approximate surface area is 189 Å². The van der Waals surface area contributed by atoms with E-state index >= 15 is 0 Å². The average molecular weight is 486 g/mol. The van der Waals surface area contributed by atoms with Gasteiger partial charge in [-0.1, -0.05) is 47.1 Å². The van der Waals surface area contributed by atoms with E-state index in [0.717, 1.165) is 23.9 Å². The van der Waals surface area contributed by atoms with Crippen LogP contribution in [0.3, 0.4) is 0 Å². The molecule has 31 heavy (non-hydrogen) atoms. The van der Waals surface area contributed by atoms with Crippen LogP contribution < -0.4 is 5.32 Å². The predicted molar refractivity (Wildman–Crippen MR) is 111 cm³/mol. The maximum atomic E-state index is 13.4. The van der Waals surface area contributed by atoms with Gasteiger partial charge in [0.1, 0.15) is 6.54 Å². The lowest BCUT2D eigenvalue weighted by molar-refractivity contribution is -0.137. The van der Waals surface area contributed by atoms with Crippen LogP contribution >= 0.6 is 35.0 Å². The Morgan fingerprint density at radius 2 is 1.97 bits per heavy atom. The summed E-state index contributed by atoms with van der Waals surface area (Å²) in [5.74, 6) is -0.315. The van der Waals surface area contributed by atoms with Crippen LogP contribution in [0.25, 0.3) is 17.1 Å². The topological polar surface area (TPSA) is 83.6 Å². The highest BCUT2D eigenvalue weighted by Crippen LogP contribution is 2.37. The number of nitrogens with one attached hydrogen (secondary N) is 1. The number of thioether (sulfide) groups is 1. The van der Waals surface area contributed by atoms with E-state index in [0.29, 0.717) is 10.6 Å². The van der Waals surface area contributed by atoms with Crippen molar-refractivity contribution in [2.75, 3.05) is 12.3 Å². The molecule has 0 aliphatic rings. The van der Waals surface area contributed by atoms with Gasteiger partial charge in [0.05, 0.1) is 28.1 Å². The number of benzene rings is 2. The van der Waals surface area contributed by atoms with E-state index in [1.807, 2.05) is 0 Å². The van der Waals surface area contributed by atoms with Crippen molar-refractivity contribution in [2.45, 2.75) is 11.3 Å². The molecular formula is C19H12Cl2F3N5OS. The number of nitrogens with zero attached hydrogens (tertiary/aromatic N) is 4. The van der Waals surface area contributed by atoms with Crippen molar-refractivity contribution in [3.05, 3.63) is 58.1 Å². The van der Waals surface area contributed by atoms with Crippen molar-refractivity contribution in [3.63, 3.8) is 0 Å². The SMILES string of the molecule is N#CCNC(=O)CSc1nnc(-c2cccc(Cl)c2)n1-c1ccc(Cl)c(C(F)(F)F)c1. The van der Waals surface area contributed by atoms with Crippen LogP contribution in [0, 0.1) is 11.3 Å². The monoisotopic (exact) mass is 485 g/mol. The molecule has 6 nitrogen and oxygen atoms in total. The maximum Gasteiger partial charge on any atom is 0.417 e. The Bertz CT molecular complexity index is 1160. The first-order valence-electron chi connectivity index (χ1n) is 8.55. The quantitative estimate of drug-likeness (QED) is 0.392. The van der Waals surface area contributed by atoms with Crippen molar-refractivity contribution in [2.24, 2.45) is 0 Å². The Kier molecular flexibility index (Phi) is 7.10. The molecule has 3 aromatic rings. The second-order valence-corrected chi connectivity index (χ2v) is 7.82. The van der Waals surface area contributed by atoms with Crippen LogP contribution in [0.4, 0.5) is 13.2 Å². The molecule has 1 heterocycles. The van der Waals surface area contributed by atoms with Gasteiger partial charge in [0.15, 0.2) is 11.0 Å². The highest BCUT2D eigenvalue weighted by molar-refractivity contribution is 7.99. The molecular weight excluding hydrogens is 474 g/mol. The highest BCUT2D eigenvalue weighted by Gasteiger charge is 2.34. The van der Waals surface area contributed by atoms with E-state index in [2.05, 4.69) is 15.5 Å². The van der Waals surface area contributed by atoms with Gasteiger partial charge in [-0.3, -0.25) is 9.36 Å². The molecule has 0 saturated carbocycles. The molecule has 3 rings (SSSR count). The van der Waals surface area contributed by atoms with Crippen LogP contribution in [0.1, 0.15) is 5.56 Å². The van der Waals surface area contributed by atoms with Crippen molar-refractivity contribution < 1.29 is 18.0 Å². The lowest BCUT2D eigenvalue weighted by Crippen LogP contribution is -2.25. The third kappa shape index (κ3) is 5.50. The van der Waals surface area contributed by atoms with E-state index in [-0.39, 0.29) is 29.0 Å². The van der Waals surface area contributed by atoms with Gasteiger partial charge < -0.3 is 5.32 Å². The van der Waals surface area contributed by atoms with Gasteiger partial charge >= 0.3 is 6.18 Å². The van der Waals surface area contributed by atoms with E-state index in [4.69, 9.17) is 28.5 Å². The number of halogens is 5. The fourth-order valence-electron chi connectivity index (χ4n) is 2.60. The number of alkyl halides is 3. The average Bonchev–Trinajstić information content (AvgIpc) is 3.14. The Balaban J connectivity index is 2.09. The third-order valence-electron chi connectivity index (χ3n) is 3.93. The minimum atomic E-state index is -4.66. The number of hydrogen-bond donors (Lipinski definition) is 1. The Morgan fingerprint density at radius 1 is 1.19 bits per heavy atom. The molecule has 0 spiro atoms. The predicted octanol–water partition coefficient (Wildman–Crippen LogP) is 4.99. The lowest BCUT2D eigenvalue weighted by Gasteiger charge is -2.14. The van der Waals surface area contributed by atoms with Crippen molar-refractivity contribution >= 4 is 40.9 Å². The van der Waals surface area contributed by atoms with Gasteiger partial charge in [0, 0.05) is 10.6 Å². The molecule has 0 radical (unpaired) electrons. The molecule has 1 N–H and O–H groups in total. The first kappa shape index (κ1) is 22.9. The normalized spacial score (nSPS) is 11.2. The highest BCUT2D eigenvalue weighted by atomic mass is 35.5. The summed E-state index contributed by atoms with van der Waals surface area (Å²) < 4.78 is 41.6. The standard InChI is InChI=1S/C19H12Cl2F3N5OS/c20-12-3-1-2-11(8-12)17-27-28-18(31-10-16(30)26-7-6-25)29(17)13-4-5-15(21)14(9-13)19(22,23)24/h1-5,8-9H,7,10H2,(H,26,30). The van der Waals surface area contributed by atoms with Gasteiger partial charge in [-0.25, -0.2) is 0 Å². The zero-order valence-corrected chi connectivity index (χ0v) is 17.8. The zero-order chi connectivity index (χ0) is 22.6. The first-order valence-corrected chi connectivity index (χ1v) is 10.3. The number of hydrogen-bond acceptors (Lipinski definition) is 5. The summed E-state index contributed by atoms with van der Waals surface area (Å²) in [7, 11) is 0. The molecule has 0 saturated heterocycles. The fourth-order valence-corrected chi connectivity index (χ4v) is 3.80. The van der Waals surface area contributed by atoms with E-state index in [1.165, 1.54) is 10.6 Å².